The topological polar surface area (TPSA) is 58.1 Å². The Morgan fingerprint density at radius 2 is 1.84 bits per heavy atom. The van der Waals surface area contributed by atoms with Crippen LogP contribution in [0.3, 0.4) is 0 Å². The molecule has 5 nitrogen and oxygen atoms in total. The summed E-state index contributed by atoms with van der Waals surface area (Å²) in [7, 11) is 3.98. The maximum Gasteiger partial charge on any atom is 0.224 e. The van der Waals surface area contributed by atoms with Crippen LogP contribution in [0, 0.1) is 0 Å². The second-order valence-electron chi connectivity index (χ2n) is 5.87. The lowest BCUT2D eigenvalue weighted by Gasteiger charge is -2.13. The molecule has 6 heteroatoms. The molecule has 0 saturated carbocycles. The Kier molecular flexibility index (Phi) is 5.40. The van der Waals surface area contributed by atoms with Crippen molar-refractivity contribution in [2.75, 3.05) is 24.3 Å². The molecule has 0 aliphatic carbocycles. The number of carbonyl (C=O) groups is 1. The number of carbonyl (C=O) groups excluding carboxylic acids is 1. The van der Waals surface area contributed by atoms with Gasteiger partial charge >= 0.3 is 0 Å². The highest BCUT2D eigenvalue weighted by Crippen LogP contribution is 2.23. The maximum atomic E-state index is 12.1. The van der Waals surface area contributed by atoms with Gasteiger partial charge in [-0.15, -0.1) is 11.3 Å². The van der Waals surface area contributed by atoms with Crippen LogP contribution in [0.15, 0.2) is 54.2 Å². The van der Waals surface area contributed by atoms with Gasteiger partial charge in [-0.25, -0.2) is 4.98 Å². The van der Waals surface area contributed by atoms with Crippen molar-refractivity contribution in [2.24, 2.45) is 0 Å². The van der Waals surface area contributed by atoms with E-state index in [1.807, 2.05) is 60.8 Å². The van der Waals surface area contributed by atoms with Crippen molar-refractivity contribution < 1.29 is 4.79 Å². The number of amides is 1. The van der Waals surface area contributed by atoms with Crippen molar-refractivity contribution in [3.63, 3.8) is 0 Å². The molecule has 128 valence electrons. The molecule has 0 atom stereocenters. The number of hydrogen-bond acceptors (Lipinski definition) is 5. The van der Waals surface area contributed by atoms with Gasteiger partial charge < -0.3 is 10.2 Å². The molecule has 0 spiro atoms. The fourth-order valence-electron chi connectivity index (χ4n) is 2.36. The number of thiazole rings is 1. The van der Waals surface area contributed by atoms with Crippen LogP contribution in [0.2, 0.25) is 0 Å². The minimum Gasteiger partial charge on any atom is -0.378 e. The normalized spacial score (nSPS) is 10.5. The van der Waals surface area contributed by atoms with Crippen molar-refractivity contribution in [3.05, 3.63) is 59.9 Å². The molecule has 0 bridgehead atoms. The third-order valence-electron chi connectivity index (χ3n) is 3.75. The highest BCUT2D eigenvalue weighted by atomic mass is 32.1. The smallest absolute Gasteiger partial charge is 0.224 e. The van der Waals surface area contributed by atoms with Crippen LogP contribution < -0.4 is 10.2 Å². The van der Waals surface area contributed by atoms with Crippen molar-refractivity contribution in [3.8, 4) is 10.6 Å². The number of benzene rings is 1. The number of hydrogen-bond donors (Lipinski definition) is 1. The zero-order valence-corrected chi connectivity index (χ0v) is 15.1. The molecule has 2 aromatic heterocycles. The van der Waals surface area contributed by atoms with Crippen molar-refractivity contribution in [1.82, 2.24) is 9.97 Å². The van der Waals surface area contributed by atoms with Crippen molar-refractivity contribution in [2.45, 2.75) is 12.8 Å². The lowest BCUT2D eigenvalue weighted by Crippen LogP contribution is -2.13. The lowest BCUT2D eigenvalue weighted by molar-refractivity contribution is -0.116. The van der Waals surface area contributed by atoms with Crippen LogP contribution >= 0.6 is 11.3 Å². The predicted molar refractivity (Wildman–Crippen MR) is 103 cm³/mol. The van der Waals surface area contributed by atoms with E-state index in [0.29, 0.717) is 12.8 Å². The third-order valence-corrected chi connectivity index (χ3v) is 4.69. The zero-order valence-electron chi connectivity index (χ0n) is 14.3. The van der Waals surface area contributed by atoms with E-state index >= 15 is 0 Å². The van der Waals surface area contributed by atoms with Gasteiger partial charge in [0, 0.05) is 55.2 Å². The van der Waals surface area contributed by atoms with E-state index in [0.717, 1.165) is 27.6 Å². The number of nitrogens with one attached hydrogen (secondary N) is 1. The molecule has 3 aromatic rings. The fourth-order valence-corrected chi connectivity index (χ4v) is 3.22. The number of nitrogens with zero attached hydrogens (tertiary/aromatic N) is 3. The summed E-state index contributed by atoms with van der Waals surface area (Å²) in [4.78, 5) is 22.8. The van der Waals surface area contributed by atoms with E-state index < -0.39 is 0 Å². The average molecular weight is 352 g/mol. The van der Waals surface area contributed by atoms with E-state index in [1.165, 1.54) is 0 Å². The minimum atomic E-state index is -0.00364. The molecule has 0 unspecified atom stereocenters. The Bertz CT molecular complexity index is 828. The van der Waals surface area contributed by atoms with E-state index in [-0.39, 0.29) is 5.91 Å². The Hall–Kier alpha value is -2.73. The zero-order chi connectivity index (χ0) is 17.6. The molecule has 0 aliphatic heterocycles. The summed E-state index contributed by atoms with van der Waals surface area (Å²) in [6.45, 7) is 0. The van der Waals surface area contributed by atoms with E-state index in [1.54, 1.807) is 23.7 Å². The number of anilines is 2. The SMILES string of the molecule is CN(C)c1ccc(NC(=O)CCc2csc(-c3ccncc3)n2)cc1. The Balaban J connectivity index is 1.53. The standard InChI is InChI=1S/C19H20N4OS/c1-23(2)17-6-3-15(4-7-17)21-18(24)8-5-16-13-25-19(22-16)14-9-11-20-12-10-14/h3-4,6-7,9-13H,5,8H2,1-2H3,(H,21,24). The molecule has 2 heterocycles. The molecule has 0 radical (unpaired) electrons. The van der Waals surface area contributed by atoms with Gasteiger partial charge in [0.25, 0.3) is 0 Å². The van der Waals surface area contributed by atoms with Crippen LogP contribution in [0.1, 0.15) is 12.1 Å². The Morgan fingerprint density at radius 1 is 1.12 bits per heavy atom. The number of aryl methyl sites for hydroxylation is 1. The molecule has 25 heavy (non-hydrogen) atoms. The molecule has 0 aliphatic rings. The molecule has 3 rings (SSSR count). The first-order chi connectivity index (χ1) is 12.1. The first kappa shape index (κ1) is 17.1. The van der Waals surface area contributed by atoms with Crippen LogP contribution in [-0.2, 0) is 11.2 Å². The molecular weight excluding hydrogens is 332 g/mol. The third kappa shape index (κ3) is 4.64. The van der Waals surface area contributed by atoms with Crippen LogP contribution in [-0.4, -0.2) is 30.0 Å². The molecule has 1 aromatic carbocycles. The Labute approximate surface area is 151 Å². The number of pyridine rings is 1. The average Bonchev–Trinajstić information content (AvgIpc) is 3.10. The van der Waals surface area contributed by atoms with Gasteiger partial charge in [-0.3, -0.25) is 9.78 Å². The number of rotatable bonds is 6. The van der Waals surface area contributed by atoms with Crippen LogP contribution in [0.4, 0.5) is 11.4 Å². The van der Waals surface area contributed by atoms with Gasteiger partial charge in [-0.05, 0) is 42.8 Å². The predicted octanol–water partition coefficient (Wildman–Crippen LogP) is 3.84. The summed E-state index contributed by atoms with van der Waals surface area (Å²) < 4.78 is 0. The van der Waals surface area contributed by atoms with Gasteiger partial charge in [-0.1, -0.05) is 0 Å². The second-order valence-corrected chi connectivity index (χ2v) is 6.73. The van der Waals surface area contributed by atoms with E-state index in [2.05, 4.69) is 15.3 Å². The molecular formula is C19H20N4OS. The molecule has 0 fully saturated rings. The second kappa shape index (κ2) is 7.90. The summed E-state index contributed by atoms with van der Waals surface area (Å²) >= 11 is 1.59. The molecule has 1 N–H and O–H groups in total. The fraction of sp³-hybridized carbons (Fsp3) is 0.211. The summed E-state index contributed by atoms with van der Waals surface area (Å²) in [5, 5.41) is 5.89. The highest BCUT2D eigenvalue weighted by molar-refractivity contribution is 7.13. The van der Waals surface area contributed by atoms with Gasteiger partial charge in [0.05, 0.1) is 5.69 Å². The van der Waals surface area contributed by atoms with Crippen LogP contribution in [0.5, 0.6) is 0 Å². The lowest BCUT2D eigenvalue weighted by atomic mass is 10.2. The first-order valence-electron chi connectivity index (χ1n) is 8.04. The summed E-state index contributed by atoms with van der Waals surface area (Å²) in [5.74, 6) is -0.00364. The van der Waals surface area contributed by atoms with Gasteiger partial charge in [-0.2, -0.15) is 0 Å². The van der Waals surface area contributed by atoms with Crippen molar-refractivity contribution in [1.29, 1.82) is 0 Å². The minimum absolute atomic E-state index is 0.00364. The van der Waals surface area contributed by atoms with Gasteiger partial charge in [0.2, 0.25) is 5.91 Å². The quantitative estimate of drug-likeness (QED) is 0.732. The summed E-state index contributed by atoms with van der Waals surface area (Å²) in [6, 6.07) is 11.7. The van der Waals surface area contributed by atoms with Gasteiger partial charge in [0.15, 0.2) is 0 Å². The van der Waals surface area contributed by atoms with Gasteiger partial charge in [0.1, 0.15) is 5.01 Å². The monoisotopic (exact) mass is 352 g/mol. The summed E-state index contributed by atoms with van der Waals surface area (Å²) in [6.07, 6.45) is 4.55. The van der Waals surface area contributed by atoms with E-state index in [4.69, 9.17) is 0 Å². The van der Waals surface area contributed by atoms with Crippen LogP contribution in [0.25, 0.3) is 10.6 Å². The largest absolute Gasteiger partial charge is 0.378 e. The summed E-state index contributed by atoms with van der Waals surface area (Å²) in [5.41, 5.74) is 3.90. The highest BCUT2D eigenvalue weighted by Gasteiger charge is 2.08. The molecule has 1 amide bonds. The Morgan fingerprint density at radius 3 is 2.52 bits per heavy atom. The maximum absolute atomic E-state index is 12.1. The van der Waals surface area contributed by atoms with E-state index in [9.17, 15) is 4.79 Å². The van der Waals surface area contributed by atoms with Crippen molar-refractivity contribution >= 4 is 28.6 Å². The number of aromatic nitrogens is 2. The first-order valence-corrected chi connectivity index (χ1v) is 8.92. The molecule has 0 saturated heterocycles.